The Morgan fingerprint density at radius 2 is 2.12 bits per heavy atom. The van der Waals surface area contributed by atoms with Crippen molar-refractivity contribution < 1.29 is 9.90 Å². The van der Waals surface area contributed by atoms with E-state index in [1.165, 1.54) is 32.1 Å². The number of carboxylic acid groups (broad SMARTS) is 1. The van der Waals surface area contributed by atoms with Gasteiger partial charge in [0.05, 0.1) is 0 Å². The van der Waals surface area contributed by atoms with E-state index in [9.17, 15) is 4.79 Å². The van der Waals surface area contributed by atoms with Crippen LogP contribution in [-0.2, 0) is 11.2 Å². The van der Waals surface area contributed by atoms with Gasteiger partial charge in [-0.2, -0.15) is 0 Å². The highest BCUT2D eigenvalue weighted by molar-refractivity contribution is 5.68. The van der Waals surface area contributed by atoms with Crippen molar-refractivity contribution in [3.05, 3.63) is 23.8 Å². The zero-order valence-corrected chi connectivity index (χ0v) is 9.22. The van der Waals surface area contributed by atoms with Gasteiger partial charge in [0.1, 0.15) is 12.2 Å². The molecule has 86 valence electrons. The molecule has 1 fully saturated rings. The van der Waals surface area contributed by atoms with Gasteiger partial charge in [0.15, 0.2) is 0 Å². The first-order valence-electron chi connectivity index (χ1n) is 5.79. The molecule has 0 bridgehead atoms. The summed E-state index contributed by atoms with van der Waals surface area (Å²) in [6.07, 6.45) is 7.75. The summed E-state index contributed by atoms with van der Waals surface area (Å²) < 4.78 is 0. The third-order valence-corrected chi connectivity index (χ3v) is 3.06. The Morgan fingerprint density at radius 1 is 1.38 bits per heavy atom. The van der Waals surface area contributed by atoms with Gasteiger partial charge >= 0.3 is 5.97 Å². The lowest BCUT2D eigenvalue weighted by Gasteiger charge is -2.20. The molecule has 0 amide bonds. The molecule has 1 saturated carbocycles. The van der Waals surface area contributed by atoms with E-state index in [-0.39, 0.29) is 6.42 Å². The highest BCUT2D eigenvalue weighted by Gasteiger charge is 2.17. The molecule has 4 nitrogen and oxygen atoms in total. The quantitative estimate of drug-likeness (QED) is 0.847. The number of aromatic nitrogens is 2. The molecule has 16 heavy (non-hydrogen) atoms. The topological polar surface area (TPSA) is 63.1 Å². The Kier molecular flexibility index (Phi) is 3.49. The lowest BCUT2D eigenvalue weighted by atomic mass is 9.87. The summed E-state index contributed by atoms with van der Waals surface area (Å²) in [5.41, 5.74) is 1.02. The summed E-state index contributed by atoms with van der Waals surface area (Å²) >= 11 is 0. The summed E-state index contributed by atoms with van der Waals surface area (Å²) in [5, 5.41) is 8.69. The first-order valence-corrected chi connectivity index (χ1v) is 5.79. The van der Waals surface area contributed by atoms with Crippen molar-refractivity contribution in [3.63, 3.8) is 0 Å². The first-order chi connectivity index (χ1) is 7.75. The standard InChI is InChI=1S/C12H16N2O2/c15-12(16)8-11-13-7-6-10(14-11)9-4-2-1-3-5-9/h6-7,9H,1-5,8H2,(H,15,16). The molecule has 1 heterocycles. The van der Waals surface area contributed by atoms with Gasteiger partial charge in [0, 0.05) is 17.8 Å². The number of rotatable bonds is 3. The van der Waals surface area contributed by atoms with Crippen LogP contribution in [0.15, 0.2) is 12.3 Å². The fourth-order valence-electron chi connectivity index (χ4n) is 2.26. The third kappa shape index (κ3) is 2.78. The van der Waals surface area contributed by atoms with Crippen molar-refractivity contribution in [1.82, 2.24) is 9.97 Å². The maximum atomic E-state index is 10.6. The van der Waals surface area contributed by atoms with Crippen LogP contribution in [-0.4, -0.2) is 21.0 Å². The van der Waals surface area contributed by atoms with Gasteiger partial charge in [-0.05, 0) is 18.9 Å². The maximum absolute atomic E-state index is 10.6. The van der Waals surface area contributed by atoms with Crippen LogP contribution in [0.1, 0.15) is 49.5 Å². The summed E-state index contributed by atoms with van der Waals surface area (Å²) in [7, 11) is 0. The van der Waals surface area contributed by atoms with Crippen LogP contribution in [0.2, 0.25) is 0 Å². The molecule has 1 N–H and O–H groups in total. The molecule has 4 heteroatoms. The monoisotopic (exact) mass is 220 g/mol. The molecular weight excluding hydrogens is 204 g/mol. The van der Waals surface area contributed by atoms with E-state index in [0.29, 0.717) is 11.7 Å². The van der Waals surface area contributed by atoms with Crippen LogP contribution in [0.5, 0.6) is 0 Å². The number of hydrogen-bond donors (Lipinski definition) is 1. The minimum Gasteiger partial charge on any atom is -0.481 e. The molecule has 1 aromatic rings. The Morgan fingerprint density at radius 3 is 2.81 bits per heavy atom. The fraction of sp³-hybridized carbons (Fsp3) is 0.583. The normalized spacial score (nSPS) is 17.2. The molecule has 0 aromatic carbocycles. The molecule has 1 aromatic heterocycles. The average molecular weight is 220 g/mol. The van der Waals surface area contributed by atoms with Crippen LogP contribution in [0, 0.1) is 0 Å². The van der Waals surface area contributed by atoms with E-state index in [4.69, 9.17) is 5.11 Å². The minimum atomic E-state index is -0.874. The van der Waals surface area contributed by atoms with Gasteiger partial charge in [0.25, 0.3) is 0 Å². The largest absolute Gasteiger partial charge is 0.481 e. The number of carboxylic acids is 1. The molecule has 0 saturated heterocycles. The molecule has 0 unspecified atom stereocenters. The van der Waals surface area contributed by atoms with Crippen LogP contribution in [0.25, 0.3) is 0 Å². The Labute approximate surface area is 94.7 Å². The molecule has 1 aliphatic rings. The molecular formula is C12H16N2O2. The molecule has 0 radical (unpaired) electrons. The van der Waals surface area contributed by atoms with Crippen molar-refractivity contribution in [3.8, 4) is 0 Å². The van der Waals surface area contributed by atoms with Crippen molar-refractivity contribution in [2.45, 2.75) is 44.4 Å². The zero-order valence-electron chi connectivity index (χ0n) is 9.22. The summed E-state index contributed by atoms with van der Waals surface area (Å²) in [5.74, 6) is 0.0562. The Balaban J connectivity index is 2.11. The predicted octanol–water partition coefficient (Wildman–Crippen LogP) is 2.15. The van der Waals surface area contributed by atoms with Gasteiger partial charge in [-0.1, -0.05) is 19.3 Å². The second-order valence-corrected chi connectivity index (χ2v) is 4.30. The van der Waals surface area contributed by atoms with E-state index >= 15 is 0 Å². The van der Waals surface area contributed by atoms with E-state index in [1.54, 1.807) is 6.20 Å². The van der Waals surface area contributed by atoms with Crippen molar-refractivity contribution in [2.75, 3.05) is 0 Å². The van der Waals surface area contributed by atoms with Crippen molar-refractivity contribution >= 4 is 5.97 Å². The van der Waals surface area contributed by atoms with Gasteiger partial charge in [-0.3, -0.25) is 4.79 Å². The summed E-state index contributed by atoms with van der Waals surface area (Å²) in [4.78, 5) is 18.9. The third-order valence-electron chi connectivity index (χ3n) is 3.06. The number of hydrogen-bond acceptors (Lipinski definition) is 3. The van der Waals surface area contributed by atoms with Gasteiger partial charge in [0.2, 0.25) is 0 Å². The van der Waals surface area contributed by atoms with Gasteiger partial charge < -0.3 is 5.11 Å². The average Bonchev–Trinajstić information content (AvgIpc) is 2.30. The van der Waals surface area contributed by atoms with Crippen LogP contribution in [0.4, 0.5) is 0 Å². The van der Waals surface area contributed by atoms with E-state index in [0.717, 1.165) is 5.69 Å². The molecule has 0 aliphatic heterocycles. The lowest BCUT2D eigenvalue weighted by Crippen LogP contribution is -2.10. The predicted molar refractivity (Wildman–Crippen MR) is 59.2 cm³/mol. The molecule has 1 aliphatic carbocycles. The zero-order chi connectivity index (χ0) is 11.4. The smallest absolute Gasteiger partial charge is 0.311 e. The number of nitrogens with zero attached hydrogens (tertiary/aromatic N) is 2. The minimum absolute atomic E-state index is 0.0828. The second kappa shape index (κ2) is 5.05. The Hall–Kier alpha value is -1.45. The molecule has 0 spiro atoms. The Bertz CT molecular complexity index is 373. The highest BCUT2D eigenvalue weighted by atomic mass is 16.4. The van der Waals surface area contributed by atoms with E-state index < -0.39 is 5.97 Å². The fourth-order valence-corrected chi connectivity index (χ4v) is 2.26. The van der Waals surface area contributed by atoms with Crippen molar-refractivity contribution in [2.24, 2.45) is 0 Å². The maximum Gasteiger partial charge on any atom is 0.311 e. The van der Waals surface area contributed by atoms with Gasteiger partial charge in [-0.15, -0.1) is 0 Å². The van der Waals surface area contributed by atoms with Crippen LogP contribution >= 0.6 is 0 Å². The molecule has 0 atom stereocenters. The lowest BCUT2D eigenvalue weighted by molar-refractivity contribution is -0.136. The first kappa shape index (κ1) is 11.0. The molecule has 2 rings (SSSR count). The van der Waals surface area contributed by atoms with Gasteiger partial charge in [-0.25, -0.2) is 9.97 Å². The number of aliphatic carboxylic acids is 1. The van der Waals surface area contributed by atoms with E-state index in [2.05, 4.69) is 9.97 Å². The summed E-state index contributed by atoms with van der Waals surface area (Å²) in [6.45, 7) is 0. The summed E-state index contributed by atoms with van der Waals surface area (Å²) in [6, 6.07) is 1.92. The SMILES string of the molecule is O=C(O)Cc1nccc(C2CCCCC2)n1. The van der Waals surface area contributed by atoms with E-state index in [1.807, 2.05) is 6.07 Å². The highest BCUT2D eigenvalue weighted by Crippen LogP contribution is 2.31. The number of carbonyl (C=O) groups is 1. The van der Waals surface area contributed by atoms with Crippen molar-refractivity contribution in [1.29, 1.82) is 0 Å². The second-order valence-electron chi connectivity index (χ2n) is 4.30. The van der Waals surface area contributed by atoms with Crippen LogP contribution in [0.3, 0.4) is 0 Å². The van der Waals surface area contributed by atoms with Crippen LogP contribution < -0.4 is 0 Å².